The van der Waals surface area contributed by atoms with Gasteiger partial charge in [0.25, 0.3) is 0 Å². The van der Waals surface area contributed by atoms with Crippen molar-refractivity contribution in [1.82, 2.24) is 9.80 Å². The second-order valence-corrected chi connectivity index (χ2v) is 7.75. The Morgan fingerprint density at radius 3 is 2.72 bits per heavy atom. The molecule has 2 aliphatic rings. The molecule has 2 aliphatic heterocycles. The van der Waals surface area contributed by atoms with E-state index in [2.05, 4.69) is 4.90 Å². The van der Waals surface area contributed by atoms with Gasteiger partial charge in [-0.2, -0.15) is 0 Å². The zero-order valence-electron chi connectivity index (χ0n) is 17.1. The van der Waals surface area contributed by atoms with Crippen LogP contribution in [-0.2, 0) is 14.3 Å². The summed E-state index contributed by atoms with van der Waals surface area (Å²) in [5, 5.41) is 0. The monoisotopic (exact) mass is 406 g/mol. The quantitative estimate of drug-likeness (QED) is 0.652. The van der Waals surface area contributed by atoms with Crippen molar-refractivity contribution in [2.45, 2.75) is 45.1 Å². The molecule has 0 aliphatic carbocycles. The minimum Gasteiger partial charge on any atom is -0.492 e. The van der Waals surface area contributed by atoms with Gasteiger partial charge in [-0.15, -0.1) is 0 Å². The van der Waals surface area contributed by atoms with E-state index in [1.165, 1.54) is 12.1 Å². The third-order valence-corrected chi connectivity index (χ3v) is 5.81. The smallest absolute Gasteiger partial charge is 0.310 e. The largest absolute Gasteiger partial charge is 0.492 e. The Labute approximate surface area is 171 Å². The molecule has 29 heavy (non-hydrogen) atoms. The standard InChI is InChI=1S/C22H31FN2O4/c1-2-28-22(27)17-4-3-12-25(16-17)19-7-10-21(26)24(13-11-19)14-15-29-20-8-5-18(23)6-9-20/h5-6,8-9,17,19H,2-4,7,10-16H2,1H3. The summed E-state index contributed by atoms with van der Waals surface area (Å²) in [6.07, 6.45) is 4.11. The number of rotatable bonds is 7. The maximum Gasteiger partial charge on any atom is 0.310 e. The lowest BCUT2D eigenvalue weighted by Crippen LogP contribution is -2.45. The highest BCUT2D eigenvalue weighted by atomic mass is 19.1. The molecule has 2 atom stereocenters. The third kappa shape index (κ3) is 6.16. The van der Waals surface area contributed by atoms with Crippen molar-refractivity contribution in [3.05, 3.63) is 30.1 Å². The molecule has 1 aromatic rings. The van der Waals surface area contributed by atoms with Gasteiger partial charge in [0.2, 0.25) is 5.91 Å². The number of hydrogen-bond donors (Lipinski definition) is 0. The number of ether oxygens (including phenoxy) is 2. The number of esters is 1. The van der Waals surface area contributed by atoms with Crippen LogP contribution in [0, 0.1) is 11.7 Å². The molecule has 7 heteroatoms. The summed E-state index contributed by atoms with van der Waals surface area (Å²) in [6.45, 7) is 5.56. The summed E-state index contributed by atoms with van der Waals surface area (Å²) < 4.78 is 23.8. The zero-order valence-corrected chi connectivity index (χ0v) is 17.1. The molecule has 3 rings (SSSR count). The van der Waals surface area contributed by atoms with Crippen LogP contribution in [0.3, 0.4) is 0 Å². The van der Waals surface area contributed by atoms with Crippen molar-refractivity contribution in [2.75, 3.05) is 39.4 Å². The van der Waals surface area contributed by atoms with Crippen molar-refractivity contribution in [3.63, 3.8) is 0 Å². The fourth-order valence-electron chi connectivity index (χ4n) is 4.22. The highest BCUT2D eigenvalue weighted by Crippen LogP contribution is 2.25. The first-order chi connectivity index (χ1) is 14.1. The maximum atomic E-state index is 13.0. The fraction of sp³-hybridized carbons (Fsp3) is 0.636. The number of benzene rings is 1. The minimum atomic E-state index is -0.297. The number of piperidine rings is 1. The molecule has 2 heterocycles. The molecule has 1 aromatic carbocycles. The Balaban J connectivity index is 1.47. The first kappa shape index (κ1) is 21.6. The van der Waals surface area contributed by atoms with Gasteiger partial charge in [0.05, 0.1) is 19.1 Å². The Morgan fingerprint density at radius 1 is 1.17 bits per heavy atom. The van der Waals surface area contributed by atoms with Crippen molar-refractivity contribution in [1.29, 1.82) is 0 Å². The lowest BCUT2D eigenvalue weighted by molar-refractivity contribution is -0.150. The van der Waals surface area contributed by atoms with Gasteiger partial charge in [0.15, 0.2) is 0 Å². The van der Waals surface area contributed by atoms with Crippen molar-refractivity contribution in [2.24, 2.45) is 5.92 Å². The van der Waals surface area contributed by atoms with Crippen molar-refractivity contribution in [3.8, 4) is 5.75 Å². The van der Waals surface area contributed by atoms with Gasteiger partial charge in [0, 0.05) is 25.6 Å². The third-order valence-electron chi connectivity index (χ3n) is 5.81. The first-order valence-corrected chi connectivity index (χ1v) is 10.6. The van der Waals surface area contributed by atoms with E-state index in [-0.39, 0.29) is 23.6 Å². The Hall–Kier alpha value is -2.15. The Morgan fingerprint density at radius 2 is 1.97 bits per heavy atom. The summed E-state index contributed by atoms with van der Waals surface area (Å²) in [6, 6.07) is 6.22. The van der Waals surface area contributed by atoms with E-state index in [0.29, 0.717) is 44.5 Å². The van der Waals surface area contributed by atoms with Crippen LogP contribution in [0.5, 0.6) is 5.75 Å². The predicted octanol–water partition coefficient (Wildman–Crippen LogP) is 2.86. The predicted molar refractivity (Wildman–Crippen MR) is 107 cm³/mol. The highest BCUT2D eigenvalue weighted by Gasteiger charge is 2.32. The molecular formula is C22H31FN2O4. The van der Waals surface area contributed by atoms with E-state index in [4.69, 9.17) is 9.47 Å². The summed E-state index contributed by atoms with van der Waals surface area (Å²) >= 11 is 0. The molecular weight excluding hydrogens is 375 g/mol. The van der Waals surface area contributed by atoms with Crippen LogP contribution >= 0.6 is 0 Å². The van der Waals surface area contributed by atoms with E-state index >= 15 is 0 Å². The van der Waals surface area contributed by atoms with Gasteiger partial charge < -0.3 is 14.4 Å². The number of carbonyl (C=O) groups is 2. The maximum absolute atomic E-state index is 13.0. The molecule has 2 saturated heterocycles. The van der Waals surface area contributed by atoms with E-state index in [1.54, 1.807) is 12.1 Å². The van der Waals surface area contributed by atoms with Crippen LogP contribution in [0.4, 0.5) is 4.39 Å². The van der Waals surface area contributed by atoms with Gasteiger partial charge in [-0.25, -0.2) is 4.39 Å². The highest BCUT2D eigenvalue weighted by molar-refractivity contribution is 5.76. The topological polar surface area (TPSA) is 59.1 Å². The van der Waals surface area contributed by atoms with Crippen LogP contribution in [-0.4, -0.2) is 67.1 Å². The van der Waals surface area contributed by atoms with Crippen LogP contribution in [0.2, 0.25) is 0 Å². The molecule has 2 unspecified atom stereocenters. The Bertz CT molecular complexity index is 682. The van der Waals surface area contributed by atoms with Crippen LogP contribution in [0.25, 0.3) is 0 Å². The molecule has 0 spiro atoms. The molecule has 0 bridgehead atoms. The molecule has 160 valence electrons. The van der Waals surface area contributed by atoms with Crippen LogP contribution < -0.4 is 4.74 Å². The minimum absolute atomic E-state index is 0.0529. The Kier molecular flexibility index (Phi) is 7.86. The average Bonchev–Trinajstić information content (AvgIpc) is 2.91. The molecule has 0 saturated carbocycles. The molecule has 6 nitrogen and oxygen atoms in total. The molecule has 0 N–H and O–H groups in total. The normalized spacial score (nSPS) is 23.5. The van der Waals surface area contributed by atoms with Crippen LogP contribution in [0.1, 0.15) is 39.0 Å². The zero-order chi connectivity index (χ0) is 20.6. The summed E-state index contributed by atoms with van der Waals surface area (Å²) in [4.78, 5) is 28.9. The molecule has 2 fully saturated rings. The van der Waals surface area contributed by atoms with Crippen molar-refractivity contribution >= 4 is 11.9 Å². The van der Waals surface area contributed by atoms with Gasteiger partial charge in [-0.1, -0.05) is 0 Å². The number of halogens is 1. The lowest BCUT2D eigenvalue weighted by Gasteiger charge is -2.37. The number of amides is 1. The molecule has 1 amide bonds. The fourth-order valence-corrected chi connectivity index (χ4v) is 4.22. The second-order valence-electron chi connectivity index (χ2n) is 7.75. The number of carbonyl (C=O) groups excluding carboxylic acids is 2. The van der Waals surface area contributed by atoms with Crippen molar-refractivity contribution < 1.29 is 23.5 Å². The van der Waals surface area contributed by atoms with Gasteiger partial charge >= 0.3 is 5.97 Å². The molecule has 0 aromatic heterocycles. The summed E-state index contributed by atoms with van der Waals surface area (Å²) in [5.74, 6) is 0.303. The number of nitrogens with zero attached hydrogens (tertiary/aromatic N) is 2. The van der Waals surface area contributed by atoms with Gasteiger partial charge in [-0.05, 0) is 63.4 Å². The van der Waals surface area contributed by atoms with Gasteiger partial charge in [0.1, 0.15) is 18.2 Å². The summed E-state index contributed by atoms with van der Waals surface area (Å²) in [5.41, 5.74) is 0. The van der Waals surface area contributed by atoms with E-state index < -0.39 is 0 Å². The van der Waals surface area contributed by atoms with E-state index in [0.717, 1.165) is 38.8 Å². The SMILES string of the molecule is CCOC(=O)C1CCCN(C2CCC(=O)N(CCOc3ccc(F)cc3)CC2)C1. The van der Waals surface area contributed by atoms with E-state index in [1.807, 2.05) is 11.8 Å². The average molecular weight is 406 g/mol. The first-order valence-electron chi connectivity index (χ1n) is 10.6. The van der Waals surface area contributed by atoms with E-state index in [9.17, 15) is 14.0 Å². The lowest BCUT2D eigenvalue weighted by atomic mass is 9.95. The van der Waals surface area contributed by atoms with Gasteiger partial charge in [-0.3, -0.25) is 14.5 Å². The van der Waals surface area contributed by atoms with Crippen LogP contribution in [0.15, 0.2) is 24.3 Å². The molecule has 0 radical (unpaired) electrons. The number of likely N-dealkylation sites (tertiary alicyclic amines) is 2. The second kappa shape index (κ2) is 10.6. The number of hydrogen-bond acceptors (Lipinski definition) is 5. The summed E-state index contributed by atoms with van der Waals surface area (Å²) in [7, 11) is 0.